The summed E-state index contributed by atoms with van der Waals surface area (Å²) in [5.41, 5.74) is 1.41. The van der Waals surface area contributed by atoms with Crippen LogP contribution < -0.4 is 0 Å². The Labute approximate surface area is 109 Å². The van der Waals surface area contributed by atoms with Crippen LogP contribution in [0.3, 0.4) is 0 Å². The molecule has 0 spiro atoms. The molecular formula is C13H14N2O2S. The first kappa shape index (κ1) is 11.5. The van der Waals surface area contributed by atoms with Gasteiger partial charge in [0.2, 0.25) is 5.76 Å². The Bertz CT molecular complexity index is 499. The van der Waals surface area contributed by atoms with Gasteiger partial charge in [0, 0.05) is 19.2 Å². The van der Waals surface area contributed by atoms with Crippen LogP contribution in [0.25, 0.3) is 0 Å². The normalized spacial score (nSPS) is 17.0. The highest BCUT2D eigenvalue weighted by Gasteiger charge is 2.26. The molecule has 0 saturated carbocycles. The van der Waals surface area contributed by atoms with Crippen molar-refractivity contribution in [3.05, 3.63) is 40.4 Å². The molecule has 3 heterocycles. The van der Waals surface area contributed by atoms with Gasteiger partial charge in [0.05, 0.1) is 6.20 Å². The van der Waals surface area contributed by atoms with Gasteiger partial charge in [0.15, 0.2) is 0 Å². The van der Waals surface area contributed by atoms with Gasteiger partial charge in [-0.2, -0.15) is 11.3 Å². The van der Waals surface area contributed by atoms with Gasteiger partial charge in [-0.1, -0.05) is 5.16 Å². The predicted octanol–water partition coefficient (Wildman–Crippen LogP) is 2.76. The molecule has 0 N–H and O–H groups in total. The maximum atomic E-state index is 12.0. The largest absolute Gasteiger partial charge is 0.351 e. The molecule has 0 aromatic carbocycles. The summed E-state index contributed by atoms with van der Waals surface area (Å²) in [6.45, 7) is 1.58. The van der Waals surface area contributed by atoms with Crippen molar-refractivity contribution >= 4 is 17.2 Å². The Morgan fingerprint density at radius 1 is 1.39 bits per heavy atom. The first-order chi connectivity index (χ1) is 8.84. The van der Waals surface area contributed by atoms with Gasteiger partial charge in [-0.15, -0.1) is 0 Å². The molecule has 0 bridgehead atoms. The summed E-state index contributed by atoms with van der Waals surface area (Å²) in [5.74, 6) is 0.885. The lowest BCUT2D eigenvalue weighted by Gasteiger charge is -2.31. The number of aromatic nitrogens is 1. The van der Waals surface area contributed by atoms with E-state index >= 15 is 0 Å². The molecule has 0 atom stereocenters. The third-order valence-corrected chi connectivity index (χ3v) is 4.15. The smallest absolute Gasteiger partial charge is 0.292 e. The third kappa shape index (κ3) is 2.18. The van der Waals surface area contributed by atoms with Gasteiger partial charge in [0.1, 0.15) is 0 Å². The summed E-state index contributed by atoms with van der Waals surface area (Å²) in [6, 6.07) is 3.80. The first-order valence-electron chi connectivity index (χ1n) is 6.06. The van der Waals surface area contributed by atoms with Crippen LogP contribution in [0.5, 0.6) is 0 Å². The number of likely N-dealkylation sites (tertiary alicyclic amines) is 1. The van der Waals surface area contributed by atoms with E-state index < -0.39 is 0 Å². The van der Waals surface area contributed by atoms with Crippen LogP contribution in [0.15, 0.2) is 33.6 Å². The SMILES string of the molecule is O=C(c1ccno1)N1CCC(c2ccsc2)CC1. The molecule has 4 nitrogen and oxygen atoms in total. The fourth-order valence-electron chi connectivity index (χ4n) is 2.41. The molecule has 1 fully saturated rings. The van der Waals surface area contributed by atoms with E-state index in [1.165, 1.54) is 11.8 Å². The van der Waals surface area contributed by atoms with E-state index in [0.717, 1.165) is 25.9 Å². The Morgan fingerprint density at radius 2 is 2.22 bits per heavy atom. The zero-order chi connectivity index (χ0) is 12.4. The molecule has 0 radical (unpaired) electrons. The van der Waals surface area contributed by atoms with E-state index in [0.29, 0.717) is 11.7 Å². The number of hydrogen-bond donors (Lipinski definition) is 0. The van der Waals surface area contributed by atoms with Crippen LogP contribution in [0, 0.1) is 0 Å². The molecule has 94 valence electrons. The number of amides is 1. The minimum Gasteiger partial charge on any atom is -0.351 e. The van der Waals surface area contributed by atoms with Crippen molar-refractivity contribution in [2.24, 2.45) is 0 Å². The standard InChI is InChI=1S/C13H14N2O2S/c16-13(12-1-5-14-17-12)15-6-2-10(3-7-15)11-4-8-18-9-11/h1,4-5,8-10H,2-3,6-7H2. The van der Waals surface area contributed by atoms with Crippen LogP contribution in [-0.2, 0) is 0 Å². The zero-order valence-electron chi connectivity index (χ0n) is 9.91. The highest BCUT2D eigenvalue weighted by Crippen LogP contribution is 2.29. The zero-order valence-corrected chi connectivity index (χ0v) is 10.7. The molecule has 0 aliphatic carbocycles. The third-order valence-electron chi connectivity index (χ3n) is 3.45. The monoisotopic (exact) mass is 262 g/mol. The van der Waals surface area contributed by atoms with Crippen LogP contribution in [0.2, 0.25) is 0 Å². The molecule has 2 aromatic rings. The molecule has 1 aliphatic rings. The first-order valence-corrected chi connectivity index (χ1v) is 7.01. The number of rotatable bonds is 2. The molecule has 3 rings (SSSR count). The van der Waals surface area contributed by atoms with E-state index in [1.54, 1.807) is 17.4 Å². The van der Waals surface area contributed by atoms with Crippen LogP contribution in [-0.4, -0.2) is 29.1 Å². The minimum atomic E-state index is -0.0451. The summed E-state index contributed by atoms with van der Waals surface area (Å²) < 4.78 is 4.91. The summed E-state index contributed by atoms with van der Waals surface area (Å²) in [7, 11) is 0. The van der Waals surface area contributed by atoms with Crippen molar-refractivity contribution in [2.75, 3.05) is 13.1 Å². The quantitative estimate of drug-likeness (QED) is 0.836. The number of thiophene rings is 1. The summed E-state index contributed by atoms with van der Waals surface area (Å²) >= 11 is 1.73. The fourth-order valence-corrected chi connectivity index (χ4v) is 3.15. The number of carbonyl (C=O) groups excluding carboxylic acids is 1. The van der Waals surface area contributed by atoms with E-state index in [1.807, 2.05) is 4.90 Å². The maximum absolute atomic E-state index is 12.0. The maximum Gasteiger partial charge on any atom is 0.292 e. The summed E-state index contributed by atoms with van der Waals surface area (Å²) in [6.07, 6.45) is 3.55. The van der Waals surface area contributed by atoms with E-state index in [2.05, 4.69) is 22.0 Å². The van der Waals surface area contributed by atoms with Crippen LogP contribution in [0.4, 0.5) is 0 Å². The van der Waals surface area contributed by atoms with Crippen molar-refractivity contribution in [2.45, 2.75) is 18.8 Å². The van der Waals surface area contributed by atoms with Crippen molar-refractivity contribution in [1.82, 2.24) is 10.1 Å². The highest BCUT2D eigenvalue weighted by molar-refractivity contribution is 7.07. The van der Waals surface area contributed by atoms with Gasteiger partial charge in [0.25, 0.3) is 5.91 Å². The van der Waals surface area contributed by atoms with E-state index in [9.17, 15) is 4.79 Å². The van der Waals surface area contributed by atoms with Crippen LogP contribution >= 0.6 is 11.3 Å². The highest BCUT2D eigenvalue weighted by atomic mass is 32.1. The summed E-state index contributed by atoms with van der Waals surface area (Å²) in [5, 5.41) is 7.89. The molecular weight excluding hydrogens is 248 g/mol. The molecule has 5 heteroatoms. The predicted molar refractivity (Wildman–Crippen MR) is 68.7 cm³/mol. The second-order valence-electron chi connectivity index (χ2n) is 4.50. The molecule has 1 aliphatic heterocycles. The lowest BCUT2D eigenvalue weighted by atomic mass is 9.91. The summed E-state index contributed by atoms with van der Waals surface area (Å²) in [4.78, 5) is 13.9. The fraction of sp³-hybridized carbons (Fsp3) is 0.385. The number of hydrogen-bond acceptors (Lipinski definition) is 4. The molecule has 1 saturated heterocycles. The topological polar surface area (TPSA) is 46.3 Å². The number of carbonyl (C=O) groups is 1. The second kappa shape index (κ2) is 4.94. The molecule has 18 heavy (non-hydrogen) atoms. The average molecular weight is 262 g/mol. The van der Waals surface area contributed by atoms with Gasteiger partial charge >= 0.3 is 0 Å². The average Bonchev–Trinajstić information content (AvgIpc) is 3.11. The van der Waals surface area contributed by atoms with Gasteiger partial charge < -0.3 is 9.42 Å². The van der Waals surface area contributed by atoms with Crippen molar-refractivity contribution < 1.29 is 9.32 Å². The van der Waals surface area contributed by atoms with Crippen molar-refractivity contribution in [1.29, 1.82) is 0 Å². The van der Waals surface area contributed by atoms with Crippen LogP contribution in [0.1, 0.15) is 34.9 Å². The molecule has 1 amide bonds. The van der Waals surface area contributed by atoms with Crippen molar-refractivity contribution in [3.8, 4) is 0 Å². The molecule has 0 unspecified atom stereocenters. The lowest BCUT2D eigenvalue weighted by Crippen LogP contribution is -2.37. The Kier molecular flexibility index (Phi) is 3.15. The van der Waals surface area contributed by atoms with E-state index in [4.69, 9.17) is 4.52 Å². The van der Waals surface area contributed by atoms with Gasteiger partial charge in [-0.05, 0) is 41.1 Å². The van der Waals surface area contributed by atoms with Gasteiger partial charge in [-0.25, -0.2) is 0 Å². The Hall–Kier alpha value is -1.62. The van der Waals surface area contributed by atoms with Crippen molar-refractivity contribution in [3.63, 3.8) is 0 Å². The minimum absolute atomic E-state index is 0.0451. The Morgan fingerprint density at radius 3 is 2.83 bits per heavy atom. The van der Waals surface area contributed by atoms with Gasteiger partial charge in [-0.3, -0.25) is 4.79 Å². The second-order valence-corrected chi connectivity index (χ2v) is 5.28. The lowest BCUT2D eigenvalue weighted by molar-refractivity contribution is 0.0671. The van der Waals surface area contributed by atoms with E-state index in [-0.39, 0.29) is 5.91 Å². The number of nitrogens with zero attached hydrogens (tertiary/aromatic N) is 2. The Balaban J connectivity index is 1.62. The molecule has 2 aromatic heterocycles. The number of piperidine rings is 1.